The molecule has 1 nitrogen and oxygen atoms in total. The van der Waals surface area contributed by atoms with E-state index in [1.807, 2.05) is 0 Å². The molecule has 1 heterocycles. The van der Waals surface area contributed by atoms with Crippen LogP contribution in [-0.2, 0) is 4.43 Å². The lowest BCUT2D eigenvalue weighted by molar-refractivity contribution is 0.279. The topological polar surface area (TPSA) is 9.23 Å². The van der Waals surface area contributed by atoms with E-state index < -0.39 is 8.32 Å². The Labute approximate surface area is 123 Å². The summed E-state index contributed by atoms with van der Waals surface area (Å²) in [5.41, 5.74) is 0. The van der Waals surface area contributed by atoms with Gasteiger partial charge in [-0.25, -0.2) is 0 Å². The quantitative estimate of drug-likeness (QED) is 0.446. The van der Waals surface area contributed by atoms with Gasteiger partial charge in [0.2, 0.25) is 0 Å². The Kier molecular flexibility index (Phi) is 6.50. The molecule has 108 valence electrons. The van der Waals surface area contributed by atoms with Crippen molar-refractivity contribution in [3.63, 3.8) is 0 Å². The van der Waals surface area contributed by atoms with Gasteiger partial charge in [-0.15, -0.1) is 11.3 Å². The molecule has 1 aromatic heterocycles. The molecule has 1 rings (SSSR count). The maximum absolute atomic E-state index is 6.16. The highest BCUT2D eigenvalue weighted by Gasteiger charge is 2.36. The zero-order chi connectivity index (χ0) is 14.4. The van der Waals surface area contributed by atoms with Crippen LogP contribution in [0.5, 0.6) is 0 Å². The Balaban J connectivity index is 2.12. The van der Waals surface area contributed by atoms with Crippen molar-refractivity contribution in [3.8, 4) is 0 Å². The first-order valence-corrected chi connectivity index (χ1v) is 11.0. The van der Waals surface area contributed by atoms with Crippen LogP contribution >= 0.6 is 11.3 Å². The molecule has 0 aliphatic heterocycles. The highest BCUT2D eigenvalue weighted by Crippen LogP contribution is 2.36. The van der Waals surface area contributed by atoms with E-state index in [-0.39, 0.29) is 0 Å². The second-order valence-electron chi connectivity index (χ2n) is 6.52. The molecule has 1 aromatic rings. The van der Waals surface area contributed by atoms with E-state index in [1.54, 1.807) is 11.3 Å². The van der Waals surface area contributed by atoms with E-state index in [2.05, 4.69) is 63.5 Å². The second-order valence-corrected chi connectivity index (χ2v) is 12.3. The zero-order valence-electron chi connectivity index (χ0n) is 13.0. The monoisotopic (exact) mass is 296 g/mol. The summed E-state index contributed by atoms with van der Waals surface area (Å²) < 4.78 is 6.16. The average Bonchev–Trinajstić information content (AvgIpc) is 2.79. The number of hydrogen-bond acceptors (Lipinski definition) is 2. The first kappa shape index (κ1) is 16.7. The zero-order valence-corrected chi connectivity index (χ0v) is 14.8. The number of thiophene rings is 1. The smallest absolute Gasteiger partial charge is 0.191 e. The normalized spacial score (nSPS) is 13.3. The largest absolute Gasteiger partial charge is 0.417 e. The number of rotatable bonds is 7. The van der Waals surface area contributed by atoms with Crippen molar-refractivity contribution in [1.29, 1.82) is 0 Å². The van der Waals surface area contributed by atoms with Crippen LogP contribution in [0.3, 0.4) is 0 Å². The number of allylic oxidation sites excluding steroid dienone is 1. The van der Waals surface area contributed by atoms with Gasteiger partial charge in [-0.05, 0) is 54.9 Å². The van der Waals surface area contributed by atoms with Gasteiger partial charge in [-0.3, -0.25) is 0 Å². The van der Waals surface area contributed by atoms with Crippen molar-refractivity contribution >= 4 is 25.7 Å². The fourth-order valence-corrected chi connectivity index (χ4v) is 3.23. The molecule has 0 aliphatic carbocycles. The Morgan fingerprint density at radius 2 is 2.00 bits per heavy atom. The van der Waals surface area contributed by atoms with Crippen molar-refractivity contribution in [2.45, 2.75) is 58.2 Å². The molecule has 0 aromatic carbocycles. The molecular weight excluding hydrogens is 268 g/mol. The molecule has 0 unspecified atom stereocenters. The second kappa shape index (κ2) is 7.41. The fraction of sp³-hybridized carbons (Fsp3) is 0.625. The van der Waals surface area contributed by atoms with Crippen LogP contribution in [0.4, 0.5) is 0 Å². The van der Waals surface area contributed by atoms with Crippen molar-refractivity contribution in [1.82, 2.24) is 0 Å². The van der Waals surface area contributed by atoms with Crippen molar-refractivity contribution in [3.05, 3.63) is 28.5 Å². The summed E-state index contributed by atoms with van der Waals surface area (Å²) in [6.45, 7) is 12.5. The molecule has 0 atom stereocenters. The van der Waals surface area contributed by atoms with Crippen molar-refractivity contribution in [2.75, 3.05) is 6.61 Å². The van der Waals surface area contributed by atoms with Gasteiger partial charge in [-0.2, -0.15) is 0 Å². The first-order chi connectivity index (χ1) is 8.83. The molecule has 0 saturated carbocycles. The highest BCUT2D eigenvalue weighted by molar-refractivity contribution is 7.10. The molecule has 0 amide bonds. The lowest BCUT2D eigenvalue weighted by Crippen LogP contribution is -2.40. The van der Waals surface area contributed by atoms with Gasteiger partial charge in [0.15, 0.2) is 8.32 Å². The Bertz CT molecular complexity index is 374. The summed E-state index contributed by atoms with van der Waals surface area (Å²) in [5, 5.41) is 2.44. The summed E-state index contributed by atoms with van der Waals surface area (Å²) >= 11 is 1.79. The molecular formula is C16H28OSSi. The molecule has 0 N–H and O–H groups in total. The Morgan fingerprint density at radius 3 is 2.58 bits per heavy atom. The number of unbranched alkanes of at least 4 members (excludes halogenated alkanes) is 2. The average molecular weight is 297 g/mol. The van der Waals surface area contributed by atoms with Crippen LogP contribution in [0.1, 0.15) is 44.9 Å². The van der Waals surface area contributed by atoms with Crippen LogP contribution < -0.4 is 0 Å². The lowest BCUT2D eigenvalue weighted by atomic mass is 10.2. The SMILES string of the molecule is CC(C)(C)[Si](C)(C)OCCCC/C=C\c1cccs1. The van der Waals surface area contributed by atoms with Crippen molar-refractivity contribution < 1.29 is 4.43 Å². The third-order valence-corrected chi connectivity index (χ3v) is 9.24. The minimum Gasteiger partial charge on any atom is -0.417 e. The molecule has 0 radical (unpaired) electrons. The van der Waals surface area contributed by atoms with Crippen LogP contribution in [0.2, 0.25) is 18.1 Å². The summed E-state index contributed by atoms with van der Waals surface area (Å²) in [4.78, 5) is 1.34. The van der Waals surface area contributed by atoms with Gasteiger partial charge in [0.25, 0.3) is 0 Å². The molecule has 0 aliphatic rings. The van der Waals surface area contributed by atoms with E-state index in [0.717, 1.165) is 13.0 Å². The third-order valence-electron chi connectivity index (χ3n) is 3.86. The predicted octanol–water partition coefficient (Wildman–Crippen LogP) is 5.95. The molecule has 0 saturated heterocycles. The maximum atomic E-state index is 6.16. The van der Waals surface area contributed by atoms with E-state index in [4.69, 9.17) is 4.43 Å². The van der Waals surface area contributed by atoms with Crippen LogP contribution in [0.15, 0.2) is 23.6 Å². The van der Waals surface area contributed by atoms with E-state index in [9.17, 15) is 0 Å². The Hall–Kier alpha value is -0.383. The van der Waals surface area contributed by atoms with Gasteiger partial charge in [0.1, 0.15) is 0 Å². The van der Waals surface area contributed by atoms with Gasteiger partial charge in [-0.1, -0.05) is 32.9 Å². The molecule has 19 heavy (non-hydrogen) atoms. The van der Waals surface area contributed by atoms with Gasteiger partial charge < -0.3 is 4.43 Å². The van der Waals surface area contributed by atoms with Gasteiger partial charge in [0, 0.05) is 11.5 Å². The van der Waals surface area contributed by atoms with E-state index >= 15 is 0 Å². The predicted molar refractivity (Wildman–Crippen MR) is 90.4 cm³/mol. The third kappa shape index (κ3) is 6.06. The van der Waals surface area contributed by atoms with E-state index in [1.165, 1.54) is 17.7 Å². The molecule has 0 bridgehead atoms. The molecule has 0 spiro atoms. The minimum atomic E-state index is -1.53. The summed E-state index contributed by atoms with van der Waals surface area (Å²) in [6, 6.07) is 4.25. The standard InChI is InChI=1S/C16H28OSSi/c1-16(2,3)19(4,5)17-13-9-7-6-8-11-15-12-10-14-18-15/h8,10-12,14H,6-7,9,13H2,1-5H3/b11-8-. The molecule has 3 heteroatoms. The van der Waals surface area contributed by atoms with E-state index in [0.29, 0.717) is 5.04 Å². The fourth-order valence-electron chi connectivity index (χ4n) is 1.49. The highest BCUT2D eigenvalue weighted by atomic mass is 32.1. The minimum absolute atomic E-state index is 0.325. The summed E-state index contributed by atoms with van der Waals surface area (Å²) in [5.74, 6) is 0. The first-order valence-electron chi connectivity index (χ1n) is 7.17. The van der Waals surface area contributed by atoms with Gasteiger partial charge >= 0.3 is 0 Å². The van der Waals surface area contributed by atoms with Crippen LogP contribution in [0, 0.1) is 0 Å². The summed E-state index contributed by atoms with van der Waals surface area (Å²) in [7, 11) is -1.53. The van der Waals surface area contributed by atoms with Crippen molar-refractivity contribution in [2.24, 2.45) is 0 Å². The Morgan fingerprint density at radius 1 is 1.26 bits per heavy atom. The van der Waals surface area contributed by atoms with Crippen LogP contribution in [0.25, 0.3) is 6.08 Å². The summed E-state index contributed by atoms with van der Waals surface area (Å²) in [6.07, 6.45) is 8.04. The molecule has 0 fully saturated rings. The lowest BCUT2D eigenvalue weighted by Gasteiger charge is -2.36. The number of hydrogen-bond donors (Lipinski definition) is 0. The van der Waals surface area contributed by atoms with Crippen LogP contribution in [-0.4, -0.2) is 14.9 Å². The maximum Gasteiger partial charge on any atom is 0.191 e. The van der Waals surface area contributed by atoms with Gasteiger partial charge in [0.05, 0.1) is 0 Å².